The normalized spacial score (nSPS) is 10.3. The highest BCUT2D eigenvalue weighted by Gasteiger charge is 2.13. The summed E-state index contributed by atoms with van der Waals surface area (Å²) in [6.07, 6.45) is 3.21. The number of carbonyl (C=O) groups is 2. The van der Waals surface area contributed by atoms with Gasteiger partial charge in [-0.25, -0.2) is 4.98 Å². The number of hydrogen-bond donors (Lipinski definition) is 2. The molecule has 2 aromatic rings. The molecule has 8 nitrogen and oxygen atoms in total. The highest BCUT2D eigenvalue weighted by molar-refractivity contribution is 5.79. The lowest BCUT2D eigenvalue weighted by atomic mass is 10.1. The molecule has 2 aromatic heterocycles. The molecule has 132 valence electrons. The Labute approximate surface area is 144 Å². The van der Waals surface area contributed by atoms with Gasteiger partial charge in [0.2, 0.25) is 5.91 Å². The van der Waals surface area contributed by atoms with Crippen molar-refractivity contribution in [3.8, 4) is 11.4 Å². The van der Waals surface area contributed by atoms with E-state index in [-0.39, 0.29) is 36.8 Å². The van der Waals surface area contributed by atoms with E-state index in [0.29, 0.717) is 29.3 Å². The van der Waals surface area contributed by atoms with Crippen LogP contribution in [0.25, 0.3) is 11.4 Å². The molecular formula is C17H20N4O4. The lowest BCUT2D eigenvalue weighted by Crippen LogP contribution is -2.31. The van der Waals surface area contributed by atoms with E-state index in [1.165, 1.54) is 0 Å². The summed E-state index contributed by atoms with van der Waals surface area (Å²) in [6.45, 7) is 3.86. The Morgan fingerprint density at radius 1 is 1.36 bits per heavy atom. The van der Waals surface area contributed by atoms with Gasteiger partial charge in [-0.1, -0.05) is 0 Å². The maximum Gasteiger partial charge on any atom is 0.307 e. The summed E-state index contributed by atoms with van der Waals surface area (Å²) in [4.78, 5) is 46.4. The van der Waals surface area contributed by atoms with Crippen molar-refractivity contribution in [2.75, 3.05) is 13.2 Å². The fourth-order valence-electron chi connectivity index (χ4n) is 2.22. The SMILES string of the molecule is CCOC(=O)CCNC(=O)Cc1c(C)nc(-c2cccnc2)[nH]c1=O. The summed E-state index contributed by atoms with van der Waals surface area (Å²) < 4.78 is 4.78. The van der Waals surface area contributed by atoms with E-state index in [1.54, 1.807) is 38.4 Å². The fraction of sp³-hybridized carbons (Fsp3) is 0.353. The summed E-state index contributed by atoms with van der Waals surface area (Å²) in [5.41, 5.74) is 1.09. The van der Waals surface area contributed by atoms with Gasteiger partial charge < -0.3 is 15.0 Å². The van der Waals surface area contributed by atoms with Gasteiger partial charge in [0, 0.05) is 35.8 Å². The van der Waals surface area contributed by atoms with Crippen LogP contribution in [0.15, 0.2) is 29.3 Å². The van der Waals surface area contributed by atoms with Gasteiger partial charge in [0.05, 0.1) is 19.4 Å². The molecule has 25 heavy (non-hydrogen) atoms. The van der Waals surface area contributed by atoms with E-state index < -0.39 is 0 Å². The molecule has 0 aliphatic carbocycles. The number of aromatic amines is 1. The molecule has 0 spiro atoms. The number of carbonyl (C=O) groups excluding carboxylic acids is 2. The Balaban J connectivity index is 2.02. The van der Waals surface area contributed by atoms with Gasteiger partial charge in [0.15, 0.2) is 0 Å². The van der Waals surface area contributed by atoms with Gasteiger partial charge in [0.25, 0.3) is 5.56 Å². The first-order valence-corrected chi connectivity index (χ1v) is 7.93. The van der Waals surface area contributed by atoms with Gasteiger partial charge in [-0.15, -0.1) is 0 Å². The van der Waals surface area contributed by atoms with Crippen molar-refractivity contribution in [1.29, 1.82) is 0 Å². The van der Waals surface area contributed by atoms with Crippen molar-refractivity contribution in [2.45, 2.75) is 26.7 Å². The Morgan fingerprint density at radius 2 is 2.16 bits per heavy atom. The summed E-state index contributed by atoms with van der Waals surface area (Å²) in [7, 11) is 0. The molecule has 8 heteroatoms. The van der Waals surface area contributed by atoms with Crippen LogP contribution in [0.5, 0.6) is 0 Å². The minimum Gasteiger partial charge on any atom is -0.466 e. The molecule has 0 saturated carbocycles. The second-order valence-electron chi connectivity index (χ2n) is 5.30. The summed E-state index contributed by atoms with van der Waals surface area (Å²) in [5, 5.41) is 2.59. The molecule has 0 aliphatic rings. The van der Waals surface area contributed by atoms with Crippen LogP contribution in [0.2, 0.25) is 0 Å². The number of hydrogen-bond acceptors (Lipinski definition) is 6. The van der Waals surface area contributed by atoms with Crippen LogP contribution in [-0.4, -0.2) is 40.0 Å². The van der Waals surface area contributed by atoms with Crippen LogP contribution >= 0.6 is 0 Å². The third-order valence-corrected chi connectivity index (χ3v) is 3.45. The third-order valence-electron chi connectivity index (χ3n) is 3.45. The number of aromatic nitrogens is 3. The van der Waals surface area contributed by atoms with Crippen molar-refractivity contribution in [2.24, 2.45) is 0 Å². The zero-order valence-corrected chi connectivity index (χ0v) is 14.2. The highest BCUT2D eigenvalue weighted by Crippen LogP contribution is 2.12. The first-order valence-electron chi connectivity index (χ1n) is 7.93. The molecule has 2 N–H and O–H groups in total. The van der Waals surface area contributed by atoms with Gasteiger partial charge in [0.1, 0.15) is 5.82 Å². The predicted octanol–water partition coefficient (Wildman–Crippen LogP) is 0.752. The number of amides is 1. The lowest BCUT2D eigenvalue weighted by Gasteiger charge is -2.08. The van der Waals surface area contributed by atoms with Gasteiger partial charge >= 0.3 is 5.97 Å². The molecule has 0 fully saturated rings. The second-order valence-corrected chi connectivity index (χ2v) is 5.30. The summed E-state index contributed by atoms with van der Waals surface area (Å²) >= 11 is 0. The Bertz CT molecular complexity index is 802. The lowest BCUT2D eigenvalue weighted by molar-refractivity contribution is -0.143. The second kappa shape index (κ2) is 8.72. The standard InChI is InChI=1S/C17H20N4O4/c1-3-25-15(23)6-8-19-14(22)9-13-11(2)20-16(21-17(13)24)12-5-4-7-18-10-12/h4-5,7,10H,3,6,8-9H2,1-2H3,(H,19,22)(H,20,21,24). The number of H-pyrrole nitrogens is 1. The van der Waals surface area contributed by atoms with Crippen LogP contribution in [0.3, 0.4) is 0 Å². The van der Waals surface area contributed by atoms with E-state index in [0.717, 1.165) is 0 Å². The summed E-state index contributed by atoms with van der Waals surface area (Å²) in [6, 6.07) is 3.53. The minimum atomic E-state index is -0.376. The Hall–Kier alpha value is -3.03. The first kappa shape index (κ1) is 18.3. The Morgan fingerprint density at radius 3 is 2.80 bits per heavy atom. The number of pyridine rings is 1. The van der Waals surface area contributed by atoms with Crippen molar-refractivity contribution >= 4 is 11.9 Å². The van der Waals surface area contributed by atoms with Gasteiger partial charge in [-0.3, -0.25) is 19.4 Å². The largest absolute Gasteiger partial charge is 0.466 e. The average Bonchev–Trinajstić information content (AvgIpc) is 2.59. The first-order chi connectivity index (χ1) is 12.0. The van der Waals surface area contributed by atoms with Crippen molar-refractivity contribution in [3.05, 3.63) is 46.1 Å². The van der Waals surface area contributed by atoms with Crippen LogP contribution < -0.4 is 10.9 Å². The van der Waals surface area contributed by atoms with E-state index in [9.17, 15) is 14.4 Å². The fourth-order valence-corrected chi connectivity index (χ4v) is 2.22. The molecule has 0 aromatic carbocycles. The van der Waals surface area contributed by atoms with Crippen LogP contribution in [0, 0.1) is 6.92 Å². The van der Waals surface area contributed by atoms with Gasteiger partial charge in [-0.05, 0) is 26.0 Å². The number of rotatable bonds is 7. The molecular weight excluding hydrogens is 324 g/mol. The maximum atomic E-state index is 12.3. The molecule has 2 heterocycles. The highest BCUT2D eigenvalue weighted by atomic mass is 16.5. The number of nitrogens with zero attached hydrogens (tertiary/aromatic N) is 2. The predicted molar refractivity (Wildman–Crippen MR) is 90.8 cm³/mol. The quantitative estimate of drug-likeness (QED) is 0.717. The molecule has 2 rings (SSSR count). The molecule has 0 atom stereocenters. The van der Waals surface area contributed by atoms with Crippen molar-refractivity contribution in [3.63, 3.8) is 0 Å². The van der Waals surface area contributed by atoms with E-state index in [2.05, 4.69) is 20.3 Å². The van der Waals surface area contributed by atoms with Crippen LogP contribution in [-0.2, 0) is 20.7 Å². The smallest absolute Gasteiger partial charge is 0.307 e. The maximum absolute atomic E-state index is 12.3. The number of ether oxygens (including phenoxy) is 1. The van der Waals surface area contributed by atoms with Crippen molar-refractivity contribution < 1.29 is 14.3 Å². The van der Waals surface area contributed by atoms with Crippen molar-refractivity contribution in [1.82, 2.24) is 20.3 Å². The summed E-state index contributed by atoms with van der Waals surface area (Å²) in [5.74, 6) is -0.324. The van der Waals surface area contributed by atoms with E-state index in [1.807, 2.05) is 0 Å². The molecule has 0 aliphatic heterocycles. The monoisotopic (exact) mass is 344 g/mol. The minimum absolute atomic E-state index is 0.0904. The molecule has 0 radical (unpaired) electrons. The van der Waals surface area contributed by atoms with Crippen LogP contribution in [0.1, 0.15) is 24.6 Å². The van der Waals surface area contributed by atoms with E-state index in [4.69, 9.17) is 4.74 Å². The zero-order valence-electron chi connectivity index (χ0n) is 14.2. The topological polar surface area (TPSA) is 114 Å². The number of esters is 1. The molecule has 0 saturated heterocycles. The van der Waals surface area contributed by atoms with Crippen LogP contribution in [0.4, 0.5) is 0 Å². The molecule has 1 amide bonds. The zero-order chi connectivity index (χ0) is 18.2. The number of aryl methyl sites for hydroxylation is 1. The van der Waals surface area contributed by atoms with E-state index >= 15 is 0 Å². The number of nitrogens with one attached hydrogen (secondary N) is 2. The van der Waals surface area contributed by atoms with Gasteiger partial charge in [-0.2, -0.15) is 0 Å². The third kappa shape index (κ3) is 5.23. The molecule has 0 unspecified atom stereocenters. The average molecular weight is 344 g/mol. The molecule has 0 bridgehead atoms. The Kier molecular flexibility index (Phi) is 6.39.